The van der Waals surface area contributed by atoms with Gasteiger partial charge in [-0.05, 0) is 24.6 Å². The summed E-state index contributed by atoms with van der Waals surface area (Å²) < 4.78 is 9.41. The van der Waals surface area contributed by atoms with Crippen LogP contribution in [0.15, 0.2) is 64.5 Å². The minimum Gasteiger partial charge on any atom is -0.468 e. The third-order valence-corrected chi connectivity index (χ3v) is 3.31. The molecule has 0 radical (unpaired) electrons. The van der Waals surface area contributed by atoms with Gasteiger partial charge >= 0.3 is 11.9 Å². The topological polar surface area (TPSA) is 77.3 Å². The van der Waals surface area contributed by atoms with Crippen molar-refractivity contribution in [2.75, 3.05) is 14.2 Å². The Morgan fingerprint density at radius 2 is 1.68 bits per heavy atom. The van der Waals surface area contributed by atoms with Crippen LogP contribution in [0.1, 0.15) is 6.42 Å². The summed E-state index contributed by atoms with van der Waals surface area (Å²) in [5.41, 5.74) is -0.170. The maximum atomic E-state index is 11.9. The molecule has 22 heavy (non-hydrogen) atoms. The molecule has 0 aliphatic heterocycles. The van der Waals surface area contributed by atoms with Crippen LogP contribution < -0.4 is 0 Å². The fourth-order valence-corrected chi connectivity index (χ4v) is 2.06. The highest BCUT2D eigenvalue weighted by atomic mass is 16.5. The molecule has 1 aromatic carbocycles. The summed E-state index contributed by atoms with van der Waals surface area (Å²) in [7, 11) is 2.46. The van der Waals surface area contributed by atoms with Crippen LogP contribution >= 0.6 is 0 Å². The Labute approximate surface area is 128 Å². The second kappa shape index (κ2) is 6.80. The van der Waals surface area contributed by atoms with Crippen molar-refractivity contribution in [1.82, 2.24) is 0 Å². The molecule has 0 saturated heterocycles. The van der Waals surface area contributed by atoms with Gasteiger partial charge in [-0.2, -0.15) is 10.2 Å². The van der Waals surface area contributed by atoms with E-state index in [1.807, 2.05) is 30.3 Å². The largest absolute Gasteiger partial charge is 0.468 e. The predicted molar refractivity (Wildman–Crippen MR) is 79.3 cm³/mol. The van der Waals surface area contributed by atoms with Crippen molar-refractivity contribution in [3.05, 3.63) is 54.3 Å². The van der Waals surface area contributed by atoms with Crippen LogP contribution in [0.25, 0.3) is 0 Å². The van der Waals surface area contributed by atoms with Gasteiger partial charge in [0.2, 0.25) is 0 Å². The third-order valence-electron chi connectivity index (χ3n) is 3.31. The fraction of sp³-hybridized carbons (Fsp3) is 0.250. The average molecular weight is 300 g/mol. The number of hydrogen-bond donors (Lipinski definition) is 0. The van der Waals surface area contributed by atoms with Crippen LogP contribution in [-0.4, -0.2) is 26.2 Å². The van der Waals surface area contributed by atoms with Crippen molar-refractivity contribution in [3.63, 3.8) is 0 Å². The minimum atomic E-state index is -1.45. The lowest BCUT2D eigenvalue weighted by molar-refractivity contribution is -0.164. The van der Waals surface area contributed by atoms with Crippen LogP contribution in [0.3, 0.4) is 0 Å². The van der Waals surface area contributed by atoms with E-state index in [-0.39, 0.29) is 6.42 Å². The number of esters is 2. The molecule has 1 aliphatic rings. The fourth-order valence-electron chi connectivity index (χ4n) is 2.06. The molecule has 1 aromatic rings. The Morgan fingerprint density at radius 3 is 2.18 bits per heavy atom. The van der Waals surface area contributed by atoms with E-state index in [2.05, 4.69) is 10.2 Å². The van der Waals surface area contributed by atoms with E-state index >= 15 is 0 Å². The van der Waals surface area contributed by atoms with Crippen LogP contribution in [-0.2, 0) is 19.1 Å². The maximum absolute atomic E-state index is 11.9. The molecule has 2 rings (SSSR count). The number of benzene rings is 1. The van der Waals surface area contributed by atoms with Crippen LogP contribution in [0.5, 0.6) is 0 Å². The summed E-state index contributed by atoms with van der Waals surface area (Å²) in [6.45, 7) is 0. The summed E-state index contributed by atoms with van der Waals surface area (Å²) in [4.78, 5) is 23.8. The summed E-state index contributed by atoms with van der Waals surface area (Å²) in [5, 5.41) is 8.17. The number of methoxy groups -OCH3 is 2. The Kier molecular flexibility index (Phi) is 4.83. The lowest BCUT2D eigenvalue weighted by Crippen LogP contribution is -2.40. The normalized spacial score (nSPS) is 16.2. The van der Waals surface area contributed by atoms with Gasteiger partial charge in [-0.25, -0.2) is 0 Å². The van der Waals surface area contributed by atoms with Gasteiger partial charge in [0.25, 0.3) is 0 Å². The maximum Gasteiger partial charge on any atom is 0.327 e. The lowest BCUT2D eigenvalue weighted by Gasteiger charge is -2.25. The van der Waals surface area contributed by atoms with E-state index in [9.17, 15) is 9.59 Å². The highest BCUT2D eigenvalue weighted by Gasteiger charge is 2.46. The zero-order valence-electron chi connectivity index (χ0n) is 12.4. The Balaban J connectivity index is 2.17. The molecule has 0 atom stereocenters. The first-order valence-electron chi connectivity index (χ1n) is 6.65. The van der Waals surface area contributed by atoms with E-state index in [1.165, 1.54) is 20.3 Å². The number of carbonyl (C=O) groups excluding carboxylic acids is 2. The van der Waals surface area contributed by atoms with Gasteiger partial charge in [-0.3, -0.25) is 9.59 Å². The van der Waals surface area contributed by atoms with Gasteiger partial charge in [0, 0.05) is 0 Å². The van der Waals surface area contributed by atoms with Crippen molar-refractivity contribution in [2.45, 2.75) is 6.42 Å². The van der Waals surface area contributed by atoms with E-state index < -0.39 is 17.4 Å². The first-order chi connectivity index (χ1) is 10.6. The van der Waals surface area contributed by atoms with Crippen LogP contribution in [0.2, 0.25) is 0 Å². The van der Waals surface area contributed by atoms with Gasteiger partial charge in [0.1, 0.15) is 0 Å². The molecule has 0 unspecified atom stereocenters. The summed E-state index contributed by atoms with van der Waals surface area (Å²) >= 11 is 0. The van der Waals surface area contributed by atoms with Crippen LogP contribution in [0.4, 0.5) is 5.69 Å². The zero-order chi connectivity index (χ0) is 16.0. The smallest absolute Gasteiger partial charge is 0.327 e. The molecule has 6 heteroatoms. The molecular weight excluding hydrogens is 284 g/mol. The SMILES string of the molecule is COC(=O)C1(C(=O)OC)C=CC(N=Nc2ccccc2)=CC1. The van der Waals surface area contributed by atoms with E-state index in [4.69, 9.17) is 9.47 Å². The first kappa shape index (κ1) is 15.6. The predicted octanol–water partition coefficient (Wildman–Crippen LogP) is 2.95. The number of allylic oxidation sites excluding steroid dienone is 2. The molecule has 0 aromatic heterocycles. The number of ether oxygens (including phenoxy) is 2. The average Bonchev–Trinajstić information content (AvgIpc) is 2.59. The highest BCUT2D eigenvalue weighted by Crippen LogP contribution is 2.33. The molecule has 0 amide bonds. The van der Waals surface area contributed by atoms with Crippen molar-refractivity contribution in [2.24, 2.45) is 15.6 Å². The monoisotopic (exact) mass is 300 g/mol. The van der Waals surface area contributed by atoms with E-state index in [1.54, 1.807) is 12.2 Å². The third kappa shape index (κ3) is 3.11. The standard InChI is InChI=1S/C16H16N2O4/c1-21-14(19)16(15(20)22-2)10-8-13(9-11-16)18-17-12-6-4-3-5-7-12/h3-10H,11H2,1-2H3. The number of carbonyl (C=O) groups is 2. The number of nitrogens with zero attached hydrogens (tertiary/aromatic N) is 2. The number of azo groups is 1. The molecule has 0 N–H and O–H groups in total. The summed E-state index contributed by atoms with van der Waals surface area (Å²) in [5.74, 6) is -1.32. The van der Waals surface area contributed by atoms with E-state index in [0.29, 0.717) is 5.70 Å². The van der Waals surface area contributed by atoms with Gasteiger partial charge in [0.15, 0.2) is 5.41 Å². The van der Waals surface area contributed by atoms with Gasteiger partial charge < -0.3 is 9.47 Å². The number of hydrogen-bond acceptors (Lipinski definition) is 6. The minimum absolute atomic E-state index is 0.117. The second-order valence-corrected chi connectivity index (χ2v) is 4.66. The molecule has 6 nitrogen and oxygen atoms in total. The van der Waals surface area contributed by atoms with Crippen molar-refractivity contribution < 1.29 is 19.1 Å². The molecule has 0 heterocycles. The second-order valence-electron chi connectivity index (χ2n) is 4.66. The van der Waals surface area contributed by atoms with Crippen molar-refractivity contribution in [3.8, 4) is 0 Å². The van der Waals surface area contributed by atoms with Crippen molar-refractivity contribution in [1.29, 1.82) is 0 Å². The molecule has 0 saturated carbocycles. The molecular formula is C16H16N2O4. The quantitative estimate of drug-likeness (QED) is 0.486. The summed E-state index contributed by atoms with van der Waals surface area (Å²) in [6.07, 6.45) is 4.78. The Hall–Kier alpha value is -2.76. The molecule has 114 valence electrons. The van der Waals surface area contributed by atoms with Gasteiger partial charge in [-0.1, -0.05) is 30.4 Å². The van der Waals surface area contributed by atoms with Gasteiger partial charge in [-0.15, -0.1) is 0 Å². The van der Waals surface area contributed by atoms with E-state index in [0.717, 1.165) is 5.69 Å². The first-order valence-corrected chi connectivity index (χ1v) is 6.65. The Bertz CT molecular complexity index is 631. The molecule has 0 bridgehead atoms. The summed E-state index contributed by atoms with van der Waals surface area (Å²) in [6, 6.07) is 9.26. The molecule has 0 spiro atoms. The van der Waals surface area contributed by atoms with Gasteiger partial charge in [0.05, 0.1) is 25.6 Å². The molecule has 1 aliphatic carbocycles. The lowest BCUT2D eigenvalue weighted by atomic mass is 9.81. The Morgan fingerprint density at radius 1 is 1.05 bits per heavy atom. The van der Waals surface area contributed by atoms with Crippen molar-refractivity contribution >= 4 is 17.6 Å². The highest BCUT2D eigenvalue weighted by molar-refractivity contribution is 6.02. The number of rotatable bonds is 4. The molecule has 0 fully saturated rings. The van der Waals surface area contributed by atoms with Crippen LogP contribution in [0, 0.1) is 5.41 Å². The zero-order valence-corrected chi connectivity index (χ0v) is 12.4.